The van der Waals surface area contributed by atoms with E-state index in [0.717, 1.165) is 17.0 Å². The van der Waals surface area contributed by atoms with E-state index < -0.39 is 78.4 Å². The molecule has 12 nitrogen and oxygen atoms in total. The van der Waals surface area contributed by atoms with Gasteiger partial charge in [0, 0.05) is 19.4 Å². The summed E-state index contributed by atoms with van der Waals surface area (Å²) in [6, 6.07) is -0.887. The maximum Gasteiger partial charge on any atom is 0.305 e. The number of hydrogen-bond donors (Lipinski definition) is 4. The third kappa shape index (κ3) is 9.00. The fourth-order valence-electron chi connectivity index (χ4n) is 4.05. The molecule has 39 heavy (non-hydrogen) atoms. The zero-order chi connectivity index (χ0) is 29.3. The minimum atomic E-state index is -1.37. The number of ether oxygens (including phenoxy) is 1. The Kier molecular flexibility index (Phi) is 11.3. The van der Waals surface area contributed by atoms with Crippen molar-refractivity contribution in [2.45, 2.75) is 64.3 Å². The highest BCUT2D eigenvalue weighted by atomic mass is 19.1. The molecule has 1 fully saturated rings. The maximum absolute atomic E-state index is 14.1. The number of aliphatic carboxylic acids is 1. The van der Waals surface area contributed by atoms with Gasteiger partial charge in [0.25, 0.3) is 0 Å². The van der Waals surface area contributed by atoms with Crippen LogP contribution >= 0.6 is 0 Å². The van der Waals surface area contributed by atoms with E-state index in [2.05, 4.69) is 16.0 Å². The zero-order valence-corrected chi connectivity index (χ0v) is 21.7. The quantitative estimate of drug-likeness (QED) is 0.249. The lowest BCUT2D eigenvalue weighted by Crippen LogP contribution is -2.54. The largest absolute Gasteiger partial charge is 0.485 e. The number of nitrogens with one attached hydrogen (secondary N) is 3. The molecule has 2 rings (SSSR count). The lowest BCUT2D eigenvalue weighted by atomic mass is 9.98. The van der Waals surface area contributed by atoms with Gasteiger partial charge in [-0.15, -0.1) is 0 Å². The van der Waals surface area contributed by atoms with E-state index in [1.54, 1.807) is 6.92 Å². The minimum Gasteiger partial charge on any atom is -0.485 e. The second-order valence-electron chi connectivity index (χ2n) is 9.24. The van der Waals surface area contributed by atoms with Gasteiger partial charge in [-0.25, -0.2) is 8.78 Å². The molecule has 0 bridgehead atoms. The van der Waals surface area contributed by atoms with Crippen molar-refractivity contribution in [3.05, 3.63) is 29.8 Å². The zero-order valence-electron chi connectivity index (χ0n) is 21.7. The van der Waals surface area contributed by atoms with Gasteiger partial charge in [0.15, 0.2) is 11.6 Å². The Hall–Kier alpha value is -4.10. The van der Waals surface area contributed by atoms with Crippen molar-refractivity contribution >= 4 is 35.9 Å². The van der Waals surface area contributed by atoms with Gasteiger partial charge in [-0.2, -0.15) is 0 Å². The first-order chi connectivity index (χ1) is 18.4. The van der Waals surface area contributed by atoms with Crippen LogP contribution in [0.2, 0.25) is 0 Å². The molecule has 0 aliphatic carbocycles. The number of amides is 4. The van der Waals surface area contributed by atoms with Crippen LogP contribution in [0.1, 0.15) is 40.0 Å². The van der Waals surface area contributed by atoms with E-state index in [-0.39, 0.29) is 30.9 Å². The predicted octanol–water partition coefficient (Wildman–Crippen LogP) is 0.139. The van der Waals surface area contributed by atoms with Crippen molar-refractivity contribution in [1.29, 1.82) is 0 Å². The number of likely N-dealkylation sites (tertiary alicyclic amines) is 1. The van der Waals surface area contributed by atoms with E-state index in [9.17, 15) is 37.5 Å². The Morgan fingerprint density at radius 1 is 1.21 bits per heavy atom. The number of carbonyl (C=O) groups is 6. The normalized spacial score (nSPS) is 18.8. The molecule has 1 aliphatic rings. The second kappa shape index (κ2) is 14.2. The number of hydrogen-bond acceptors (Lipinski definition) is 7. The molecule has 1 aromatic carbocycles. The first-order valence-corrected chi connectivity index (χ1v) is 12.3. The molecule has 0 radical (unpaired) electrons. The molecule has 0 aromatic heterocycles. The molecule has 0 unspecified atom stereocenters. The van der Waals surface area contributed by atoms with Crippen LogP contribution in [0.15, 0.2) is 18.2 Å². The Bertz CT molecular complexity index is 1100. The molecule has 0 spiro atoms. The third-order valence-corrected chi connectivity index (χ3v) is 6.23. The summed E-state index contributed by atoms with van der Waals surface area (Å²) in [4.78, 5) is 73.5. The van der Waals surface area contributed by atoms with Gasteiger partial charge in [-0.1, -0.05) is 20.3 Å². The monoisotopic (exact) mass is 554 g/mol. The molecule has 5 atom stereocenters. The molecule has 4 amide bonds. The van der Waals surface area contributed by atoms with Crippen LogP contribution in [-0.2, 0) is 28.8 Å². The highest BCUT2D eigenvalue weighted by molar-refractivity contribution is 5.93. The van der Waals surface area contributed by atoms with Gasteiger partial charge in [0.2, 0.25) is 23.6 Å². The van der Waals surface area contributed by atoms with Crippen LogP contribution in [0.4, 0.5) is 8.78 Å². The molecule has 1 aliphatic heterocycles. The molecule has 4 N–H and O–H groups in total. The molecule has 1 heterocycles. The highest BCUT2D eigenvalue weighted by Gasteiger charge is 2.41. The van der Waals surface area contributed by atoms with Gasteiger partial charge in [-0.05, 0) is 18.1 Å². The number of carboxylic acid groups (broad SMARTS) is 1. The summed E-state index contributed by atoms with van der Waals surface area (Å²) in [5, 5.41) is 16.2. The maximum atomic E-state index is 14.1. The highest BCUT2D eigenvalue weighted by Crippen LogP contribution is 2.26. The average molecular weight is 555 g/mol. The van der Waals surface area contributed by atoms with E-state index >= 15 is 0 Å². The van der Waals surface area contributed by atoms with Crippen molar-refractivity contribution in [1.82, 2.24) is 20.9 Å². The lowest BCUT2D eigenvalue weighted by Gasteiger charge is -2.26. The Morgan fingerprint density at radius 2 is 1.90 bits per heavy atom. The van der Waals surface area contributed by atoms with Crippen LogP contribution in [0, 0.1) is 17.6 Å². The number of aldehydes is 1. The molecule has 14 heteroatoms. The number of carboxylic acids is 1. The SMILES string of the molecule is CC[C@H](C)[C@H](NC(C)=O)C(=O)NCC(=O)N1C[C@@H](Oc2ccc(F)cc2F)C[C@H]1C(=O)N[C@H](C=O)CC(=O)O. The average Bonchev–Trinajstić information content (AvgIpc) is 3.30. The second-order valence-corrected chi connectivity index (χ2v) is 9.24. The van der Waals surface area contributed by atoms with Crippen molar-refractivity contribution in [2.24, 2.45) is 5.92 Å². The number of halogens is 2. The molecular weight excluding hydrogens is 522 g/mol. The van der Waals surface area contributed by atoms with Crippen LogP contribution in [0.25, 0.3) is 0 Å². The summed E-state index contributed by atoms with van der Waals surface area (Å²) in [6.07, 6.45) is -0.975. The summed E-state index contributed by atoms with van der Waals surface area (Å²) in [5.74, 6) is -6.34. The Balaban J connectivity index is 2.19. The van der Waals surface area contributed by atoms with Crippen molar-refractivity contribution in [3.8, 4) is 5.75 Å². The van der Waals surface area contributed by atoms with E-state index in [1.807, 2.05) is 6.92 Å². The Labute approximate surface area is 223 Å². The van der Waals surface area contributed by atoms with Crippen molar-refractivity contribution < 1.29 is 47.4 Å². The van der Waals surface area contributed by atoms with Gasteiger partial charge in [0.1, 0.15) is 30.3 Å². The number of rotatable bonds is 13. The number of carbonyl (C=O) groups excluding carboxylic acids is 5. The van der Waals surface area contributed by atoms with Gasteiger partial charge >= 0.3 is 5.97 Å². The number of benzene rings is 1. The lowest BCUT2D eigenvalue weighted by molar-refractivity contribution is -0.141. The standard InChI is InChI=1S/C25H32F2N4O8/c1-4-13(2)23(29-14(3)33)25(38)28-10-21(34)31-11-17(39-20-6-5-15(26)7-18(20)27)9-19(31)24(37)30-16(12-32)8-22(35)36/h5-7,12-13,16-17,19,23H,4,8-11H2,1-3H3,(H,28,38)(H,29,33)(H,30,37)(H,35,36)/t13-,16-,17-,19-,23-/m0/s1. The first-order valence-electron chi connectivity index (χ1n) is 12.3. The fraction of sp³-hybridized carbons (Fsp3) is 0.520. The first kappa shape index (κ1) is 31.1. The van der Waals surface area contributed by atoms with Crippen LogP contribution < -0.4 is 20.7 Å². The molecule has 1 saturated heterocycles. The summed E-state index contributed by atoms with van der Waals surface area (Å²) in [6.45, 7) is 4.04. The van der Waals surface area contributed by atoms with E-state index in [4.69, 9.17) is 9.84 Å². The fourth-order valence-corrected chi connectivity index (χ4v) is 4.05. The van der Waals surface area contributed by atoms with Gasteiger partial charge in [-0.3, -0.25) is 24.0 Å². The van der Waals surface area contributed by atoms with Crippen LogP contribution in [-0.4, -0.2) is 83.2 Å². The van der Waals surface area contributed by atoms with Gasteiger partial charge < -0.3 is 35.5 Å². The van der Waals surface area contributed by atoms with E-state index in [1.165, 1.54) is 6.92 Å². The molecule has 1 aromatic rings. The van der Waals surface area contributed by atoms with Crippen molar-refractivity contribution in [2.75, 3.05) is 13.1 Å². The summed E-state index contributed by atoms with van der Waals surface area (Å²) in [7, 11) is 0. The van der Waals surface area contributed by atoms with Crippen molar-refractivity contribution in [3.63, 3.8) is 0 Å². The molecular formula is C25H32F2N4O8. The van der Waals surface area contributed by atoms with Crippen LogP contribution in [0.5, 0.6) is 5.75 Å². The summed E-state index contributed by atoms with van der Waals surface area (Å²) < 4.78 is 32.9. The minimum absolute atomic E-state index is 0.164. The molecule has 0 saturated carbocycles. The van der Waals surface area contributed by atoms with Gasteiger partial charge in [0.05, 0.1) is 25.6 Å². The smallest absolute Gasteiger partial charge is 0.305 e. The van der Waals surface area contributed by atoms with E-state index in [0.29, 0.717) is 12.5 Å². The van der Waals surface area contributed by atoms with Crippen LogP contribution in [0.3, 0.4) is 0 Å². The number of nitrogens with zero attached hydrogens (tertiary/aromatic N) is 1. The molecule has 214 valence electrons. The predicted molar refractivity (Wildman–Crippen MR) is 131 cm³/mol. The Morgan fingerprint density at radius 3 is 2.46 bits per heavy atom. The third-order valence-electron chi connectivity index (χ3n) is 6.23. The topological polar surface area (TPSA) is 171 Å². The summed E-state index contributed by atoms with van der Waals surface area (Å²) in [5.41, 5.74) is 0. The summed E-state index contributed by atoms with van der Waals surface area (Å²) >= 11 is 0.